The van der Waals surface area contributed by atoms with E-state index >= 15 is 0 Å². The van der Waals surface area contributed by atoms with Gasteiger partial charge in [0, 0.05) is 0 Å². The molecule has 0 aliphatic carbocycles. The van der Waals surface area contributed by atoms with Crippen molar-refractivity contribution in [2.75, 3.05) is 0 Å². The monoisotopic (exact) mass is 837 g/mol. The van der Waals surface area contributed by atoms with Crippen molar-refractivity contribution in [3.63, 3.8) is 0 Å². The number of amides is 2. The molecule has 54 heavy (non-hydrogen) atoms. The van der Waals surface area contributed by atoms with E-state index in [-0.39, 0.29) is 0 Å². The molecular weight excluding hydrogens is 785 g/mol. The predicted molar refractivity (Wildman–Crippen MR) is 231 cm³/mol. The van der Waals surface area contributed by atoms with Crippen LogP contribution in [0.1, 0.15) is 89.5 Å². The molecule has 0 unspecified atom stereocenters. The number of rotatable bonds is 12. The number of carbonyl (C=O) groups is 2. The first-order valence-electron chi connectivity index (χ1n) is 18.7. The van der Waals surface area contributed by atoms with Crippen LogP contribution >= 0.6 is 17.0 Å². The first-order chi connectivity index (χ1) is 25.9. The van der Waals surface area contributed by atoms with Gasteiger partial charge in [-0.1, -0.05) is 127 Å². The summed E-state index contributed by atoms with van der Waals surface area (Å²) in [4.78, 5) is 18.8. The first-order valence-corrected chi connectivity index (χ1v) is 25.0. The molecule has 0 aliphatic heterocycles. The number of hydrogen-bond acceptors (Lipinski definition) is 2. The zero-order valence-electron chi connectivity index (χ0n) is 32.9. The zero-order valence-corrected chi connectivity index (χ0v) is 36.9. The van der Waals surface area contributed by atoms with Gasteiger partial charge in [0.25, 0.3) is 0 Å². The van der Waals surface area contributed by atoms with E-state index in [2.05, 4.69) is 175 Å². The second-order valence-corrected chi connectivity index (χ2v) is 18.5. The van der Waals surface area contributed by atoms with Gasteiger partial charge in [0.15, 0.2) is 12.8 Å². The van der Waals surface area contributed by atoms with E-state index in [4.69, 9.17) is 17.0 Å². The van der Waals surface area contributed by atoms with Crippen LogP contribution < -0.4 is 10.5 Å². The summed E-state index contributed by atoms with van der Waals surface area (Å²) in [6.45, 7) is 18.2. The minimum absolute atomic E-state index is 0.455. The van der Waals surface area contributed by atoms with E-state index in [0.717, 1.165) is 20.4 Å². The van der Waals surface area contributed by atoms with Crippen LogP contribution in [0.4, 0.5) is 0 Å². The number of carbonyl (C=O) groups excluding carboxylic acids is 2. The summed E-state index contributed by atoms with van der Waals surface area (Å²) in [7, 11) is 11.0. The summed E-state index contributed by atoms with van der Waals surface area (Å²) in [6, 6.07) is 40.5. The van der Waals surface area contributed by atoms with Crippen LogP contribution in [-0.2, 0) is 43.3 Å². The Balaban J connectivity index is 0.000000233. The molecule has 281 valence electrons. The van der Waals surface area contributed by atoms with Gasteiger partial charge >= 0.3 is 45.4 Å². The van der Waals surface area contributed by atoms with Crippen LogP contribution in [0.25, 0.3) is 43.8 Å². The van der Waals surface area contributed by atoms with Crippen molar-refractivity contribution in [1.29, 1.82) is 0 Å². The molecule has 4 nitrogen and oxygen atoms in total. The normalized spacial score (nSPS) is 10.6. The van der Waals surface area contributed by atoms with Crippen molar-refractivity contribution in [1.82, 2.24) is 10.5 Å². The van der Waals surface area contributed by atoms with Crippen molar-refractivity contribution >= 4 is 58.9 Å². The van der Waals surface area contributed by atoms with Gasteiger partial charge in [-0.05, 0) is 58.8 Å². The van der Waals surface area contributed by atoms with Crippen LogP contribution in [-0.4, -0.2) is 20.4 Å². The summed E-state index contributed by atoms with van der Waals surface area (Å²) in [5.74, 6) is 2.47. The molecule has 0 bridgehead atoms. The SMILES string of the molecule is CC(C)Cc1cc2c(-c3ccccc3C(C)C)cccc2[cH-]1.CC(C)Cc1cc2c(-c3ccccc3C(C)C)cccc2[cH-]1.O=CN[B]NC=O.[Cl][Zr+2][Cl]. The van der Waals surface area contributed by atoms with Crippen molar-refractivity contribution in [2.24, 2.45) is 11.8 Å². The van der Waals surface area contributed by atoms with Crippen molar-refractivity contribution in [3.05, 3.63) is 131 Å². The molecule has 6 rings (SSSR count). The Labute approximate surface area is 343 Å². The van der Waals surface area contributed by atoms with Crippen LogP contribution in [0.5, 0.6) is 0 Å². The van der Waals surface area contributed by atoms with Gasteiger partial charge < -0.3 is 10.5 Å². The molecule has 0 aromatic heterocycles. The summed E-state index contributed by atoms with van der Waals surface area (Å²) in [6.07, 6.45) is 3.22. The Morgan fingerprint density at radius 3 is 1.26 bits per heavy atom. The van der Waals surface area contributed by atoms with Crippen LogP contribution in [0.3, 0.4) is 0 Å². The molecule has 0 saturated heterocycles. The van der Waals surface area contributed by atoms with Gasteiger partial charge in [-0.2, -0.15) is 12.1 Å². The van der Waals surface area contributed by atoms with Crippen molar-refractivity contribution in [3.8, 4) is 22.3 Å². The predicted octanol–water partition coefficient (Wildman–Crippen LogP) is 12.5. The molecule has 0 heterocycles. The molecule has 0 spiro atoms. The third kappa shape index (κ3) is 13.4. The Morgan fingerprint density at radius 2 is 0.926 bits per heavy atom. The van der Waals surface area contributed by atoms with Gasteiger partial charge in [0.05, 0.1) is 0 Å². The molecule has 6 aromatic rings. The number of hydrogen-bond donors (Lipinski definition) is 2. The molecular formula is C46H54BCl2N2O2Zr. The molecule has 0 aliphatic rings. The third-order valence-corrected chi connectivity index (χ3v) is 8.96. The average molecular weight is 840 g/mol. The van der Waals surface area contributed by atoms with E-state index in [0.29, 0.717) is 36.5 Å². The summed E-state index contributed by atoms with van der Waals surface area (Å²) in [5.41, 5.74) is 11.3. The Bertz CT molecular complexity index is 1890. The van der Waals surface area contributed by atoms with Gasteiger partial charge in [-0.15, -0.1) is 69.1 Å². The van der Waals surface area contributed by atoms with E-state index in [1.807, 2.05) is 0 Å². The van der Waals surface area contributed by atoms with Gasteiger partial charge in [0.2, 0.25) is 0 Å². The van der Waals surface area contributed by atoms with Crippen LogP contribution in [0, 0.1) is 11.8 Å². The van der Waals surface area contributed by atoms with E-state index in [9.17, 15) is 9.59 Å². The van der Waals surface area contributed by atoms with Crippen LogP contribution in [0.2, 0.25) is 0 Å². The molecule has 0 saturated carbocycles. The number of fused-ring (bicyclic) bond motifs is 2. The fourth-order valence-electron chi connectivity index (χ4n) is 6.85. The topological polar surface area (TPSA) is 58.2 Å². The summed E-state index contributed by atoms with van der Waals surface area (Å²) in [5, 5.41) is 9.73. The number of halogens is 2. The average Bonchev–Trinajstić information content (AvgIpc) is 3.75. The Morgan fingerprint density at radius 1 is 0.574 bits per heavy atom. The molecule has 6 aromatic carbocycles. The first kappa shape index (κ1) is 45.0. The van der Waals surface area contributed by atoms with Gasteiger partial charge in [0.1, 0.15) is 0 Å². The van der Waals surface area contributed by atoms with Gasteiger partial charge in [-0.3, -0.25) is 9.59 Å². The summed E-state index contributed by atoms with van der Waals surface area (Å²) >= 11 is -0.826. The zero-order chi connectivity index (χ0) is 39.6. The second kappa shape index (κ2) is 23.5. The number of benzene rings is 4. The standard InChI is InChI=1S/2C22H25.C2H4BN2O2.2ClH.Zr/c2*1-15(2)12-17-13-18-8-7-11-21(22(18)14-17)20-10-6-5-9-19(20)16(3)4;6-1-4-3-5-2-7;;;/h2*5-11,13-16H,12H2,1-4H3;1-2H,(H,4,6)(H,5,7);2*1H;/q2*-1;;;;+4/p-2. The Hall–Kier alpha value is -3.43. The fourth-order valence-corrected chi connectivity index (χ4v) is 6.85. The number of nitrogens with one attached hydrogen (secondary N) is 2. The molecule has 2 N–H and O–H groups in total. The molecule has 2 amide bonds. The summed E-state index contributed by atoms with van der Waals surface area (Å²) < 4.78 is 0. The molecule has 8 heteroatoms. The molecule has 0 atom stereocenters. The van der Waals surface area contributed by atoms with Crippen molar-refractivity contribution in [2.45, 2.75) is 80.1 Å². The van der Waals surface area contributed by atoms with Crippen molar-refractivity contribution < 1.29 is 30.4 Å². The van der Waals surface area contributed by atoms with E-state index in [1.165, 1.54) is 66.1 Å². The minimum atomic E-state index is -0.826. The molecule has 0 fully saturated rings. The second-order valence-electron chi connectivity index (χ2n) is 14.8. The van der Waals surface area contributed by atoms with Crippen LogP contribution in [0.15, 0.2) is 109 Å². The fraction of sp³-hybridized carbons (Fsp3) is 0.304. The van der Waals surface area contributed by atoms with Gasteiger partial charge in [-0.25, -0.2) is 0 Å². The Kier molecular flexibility index (Phi) is 19.5. The van der Waals surface area contributed by atoms with E-state index in [1.54, 1.807) is 0 Å². The maximum atomic E-state index is 9.38. The third-order valence-electron chi connectivity index (χ3n) is 8.96. The maximum absolute atomic E-state index is 9.38. The quantitative estimate of drug-likeness (QED) is 0.0558. The van der Waals surface area contributed by atoms with E-state index < -0.39 is 20.8 Å². The molecule has 1 radical (unpaired) electrons.